The minimum atomic E-state index is -0.143. The Bertz CT molecular complexity index is 1110. The summed E-state index contributed by atoms with van der Waals surface area (Å²) < 4.78 is 11.0. The Balaban J connectivity index is 1.71. The van der Waals surface area contributed by atoms with Gasteiger partial charge in [0, 0.05) is 25.4 Å². The van der Waals surface area contributed by atoms with Crippen molar-refractivity contribution in [3.63, 3.8) is 0 Å². The fourth-order valence-electron chi connectivity index (χ4n) is 2.87. The molecule has 0 bridgehead atoms. The third-order valence-corrected chi connectivity index (χ3v) is 4.26. The Hall–Kier alpha value is -3.35. The molecule has 0 N–H and O–H groups in total. The number of fused-ring (bicyclic) bond motifs is 1. The Morgan fingerprint density at radius 3 is 2.58 bits per heavy atom. The number of rotatable bonds is 4. The highest BCUT2D eigenvalue weighted by Crippen LogP contribution is 2.23. The molecule has 132 valence electrons. The van der Waals surface area contributed by atoms with Crippen LogP contribution < -0.4 is 10.3 Å². The largest absolute Gasteiger partial charge is 0.439 e. The summed E-state index contributed by atoms with van der Waals surface area (Å²) in [7, 11) is 1.69. The highest BCUT2D eigenvalue weighted by molar-refractivity contribution is 5.46. The van der Waals surface area contributed by atoms with E-state index in [1.807, 2.05) is 50.4 Å². The fourth-order valence-corrected chi connectivity index (χ4v) is 2.87. The molecule has 26 heavy (non-hydrogen) atoms. The van der Waals surface area contributed by atoms with Crippen molar-refractivity contribution in [3.05, 3.63) is 71.3 Å². The quantitative estimate of drug-likeness (QED) is 0.568. The summed E-state index contributed by atoms with van der Waals surface area (Å²) in [6.45, 7) is 4.08. The molecule has 0 aliphatic rings. The lowest BCUT2D eigenvalue weighted by atomic mass is 10.2. The van der Waals surface area contributed by atoms with Crippen LogP contribution in [-0.2, 0) is 7.05 Å². The van der Waals surface area contributed by atoms with Crippen LogP contribution in [0, 0.1) is 0 Å². The van der Waals surface area contributed by atoms with Gasteiger partial charge in [0.15, 0.2) is 0 Å². The Kier molecular flexibility index (Phi) is 3.84. The van der Waals surface area contributed by atoms with E-state index in [4.69, 9.17) is 4.74 Å². The van der Waals surface area contributed by atoms with E-state index in [-0.39, 0.29) is 11.5 Å². The Morgan fingerprint density at radius 1 is 1.15 bits per heavy atom. The lowest BCUT2D eigenvalue weighted by molar-refractivity contribution is 0.430. The summed E-state index contributed by atoms with van der Waals surface area (Å²) in [5.41, 5.74) is 1.33. The molecule has 4 rings (SSSR count). The van der Waals surface area contributed by atoms with Crippen LogP contribution in [-0.4, -0.2) is 23.7 Å². The molecule has 0 saturated carbocycles. The van der Waals surface area contributed by atoms with E-state index in [9.17, 15) is 4.79 Å². The average molecular weight is 349 g/mol. The molecule has 0 aliphatic carbocycles. The van der Waals surface area contributed by atoms with Gasteiger partial charge < -0.3 is 4.74 Å². The van der Waals surface area contributed by atoms with Gasteiger partial charge in [-0.2, -0.15) is 5.10 Å². The summed E-state index contributed by atoms with van der Waals surface area (Å²) >= 11 is 0. The second kappa shape index (κ2) is 6.18. The number of aromatic nitrogens is 5. The molecular weight excluding hydrogens is 330 g/mol. The zero-order valence-electron chi connectivity index (χ0n) is 14.8. The molecule has 3 heterocycles. The summed E-state index contributed by atoms with van der Waals surface area (Å²) in [5.74, 6) is 2.12. The van der Waals surface area contributed by atoms with Crippen molar-refractivity contribution in [1.29, 1.82) is 0 Å². The van der Waals surface area contributed by atoms with Crippen LogP contribution in [0.15, 0.2) is 59.9 Å². The monoisotopic (exact) mass is 349 g/mol. The van der Waals surface area contributed by atoms with E-state index in [1.165, 1.54) is 4.57 Å². The Morgan fingerprint density at radius 2 is 1.92 bits per heavy atom. The van der Waals surface area contributed by atoms with E-state index >= 15 is 0 Å². The summed E-state index contributed by atoms with van der Waals surface area (Å²) in [6.07, 6.45) is 7.02. The van der Waals surface area contributed by atoms with Gasteiger partial charge in [-0.15, -0.1) is 0 Å². The lowest BCUT2D eigenvalue weighted by Gasteiger charge is -2.12. The third kappa shape index (κ3) is 2.67. The predicted octanol–water partition coefficient (Wildman–Crippen LogP) is 3.13. The number of imidazole rings is 1. The van der Waals surface area contributed by atoms with Gasteiger partial charge in [0.1, 0.15) is 17.1 Å². The maximum atomic E-state index is 12.6. The van der Waals surface area contributed by atoms with Crippen molar-refractivity contribution >= 4 is 5.52 Å². The number of ether oxygens (including phenoxy) is 1. The van der Waals surface area contributed by atoms with Crippen molar-refractivity contribution in [2.75, 3.05) is 0 Å². The van der Waals surface area contributed by atoms with Gasteiger partial charge in [0.05, 0.1) is 18.1 Å². The molecule has 4 aromatic rings. The van der Waals surface area contributed by atoms with E-state index in [0.29, 0.717) is 17.1 Å². The normalized spacial score (nSPS) is 11.4. The number of hydrogen-bond acceptors (Lipinski definition) is 4. The molecular formula is C19H19N5O2. The summed E-state index contributed by atoms with van der Waals surface area (Å²) in [6, 6.07) is 9.39. The SMILES string of the molecule is CC(C)c1ncc2c(=O)n(C)c(Oc3ccc(-n4cccn4)cc3)cn12. The van der Waals surface area contributed by atoms with Gasteiger partial charge in [-0.1, -0.05) is 13.8 Å². The number of hydrogen-bond donors (Lipinski definition) is 0. The maximum Gasteiger partial charge on any atom is 0.279 e. The second-order valence-corrected chi connectivity index (χ2v) is 6.40. The minimum absolute atomic E-state index is 0.143. The first-order chi connectivity index (χ1) is 12.5. The van der Waals surface area contributed by atoms with Gasteiger partial charge in [0.2, 0.25) is 5.88 Å². The molecule has 7 nitrogen and oxygen atoms in total. The number of nitrogens with zero attached hydrogens (tertiary/aromatic N) is 5. The van der Waals surface area contributed by atoms with Crippen LogP contribution in [0.2, 0.25) is 0 Å². The van der Waals surface area contributed by atoms with Crippen LogP contribution >= 0.6 is 0 Å². The molecule has 0 radical (unpaired) electrons. The predicted molar refractivity (Wildman–Crippen MR) is 98.2 cm³/mol. The molecule has 0 spiro atoms. The van der Waals surface area contributed by atoms with E-state index in [0.717, 1.165) is 11.5 Å². The van der Waals surface area contributed by atoms with Crippen molar-refractivity contribution in [2.45, 2.75) is 19.8 Å². The molecule has 3 aromatic heterocycles. The maximum absolute atomic E-state index is 12.6. The first-order valence-corrected chi connectivity index (χ1v) is 8.39. The summed E-state index contributed by atoms with van der Waals surface area (Å²) in [5, 5.41) is 4.20. The Labute approximate surface area is 150 Å². The zero-order valence-corrected chi connectivity index (χ0v) is 14.8. The summed E-state index contributed by atoms with van der Waals surface area (Å²) in [4.78, 5) is 17.0. The third-order valence-electron chi connectivity index (χ3n) is 4.26. The molecule has 0 unspecified atom stereocenters. The zero-order chi connectivity index (χ0) is 18.3. The van der Waals surface area contributed by atoms with Gasteiger partial charge >= 0.3 is 0 Å². The highest BCUT2D eigenvalue weighted by atomic mass is 16.5. The molecule has 0 atom stereocenters. The molecule has 7 heteroatoms. The van der Waals surface area contributed by atoms with E-state index in [1.54, 1.807) is 34.7 Å². The van der Waals surface area contributed by atoms with Gasteiger partial charge in [0.25, 0.3) is 5.56 Å². The van der Waals surface area contributed by atoms with Crippen molar-refractivity contribution < 1.29 is 4.74 Å². The smallest absolute Gasteiger partial charge is 0.279 e. The molecule has 0 saturated heterocycles. The lowest BCUT2D eigenvalue weighted by Crippen LogP contribution is -2.20. The van der Waals surface area contributed by atoms with Gasteiger partial charge in [-0.25, -0.2) is 9.67 Å². The standard InChI is InChI=1S/C19H19N5O2/c1-13(2)18-20-11-16-19(25)22(3)17(12-23(16)18)26-15-7-5-14(6-8-15)24-10-4-9-21-24/h4-13H,1-3H3. The molecule has 0 aliphatic heterocycles. The topological polar surface area (TPSA) is 66.4 Å². The second-order valence-electron chi connectivity index (χ2n) is 6.40. The van der Waals surface area contributed by atoms with Gasteiger partial charge in [-0.05, 0) is 30.3 Å². The van der Waals surface area contributed by atoms with Crippen molar-refractivity contribution in [1.82, 2.24) is 23.7 Å². The average Bonchev–Trinajstić information content (AvgIpc) is 3.30. The molecule has 0 fully saturated rings. The minimum Gasteiger partial charge on any atom is -0.439 e. The molecule has 1 aromatic carbocycles. The van der Waals surface area contributed by atoms with Crippen molar-refractivity contribution in [2.24, 2.45) is 7.05 Å². The van der Waals surface area contributed by atoms with Crippen LogP contribution in [0.1, 0.15) is 25.6 Å². The van der Waals surface area contributed by atoms with Crippen LogP contribution in [0.4, 0.5) is 0 Å². The van der Waals surface area contributed by atoms with Crippen LogP contribution in [0.25, 0.3) is 11.2 Å². The first kappa shape index (κ1) is 16.1. The van der Waals surface area contributed by atoms with Crippen LogP contribution in [0.5, 0.6) is 11.6 Å². The molecule has 0 amide bonds. The van der Waals surface area contributed by atoms with Crippen LogP contribution in [0.3, 0.4) is 0 Å². The highest BCUT2D eigenvalue weighted by Gasteiger charge is 2.14. The van der Waals surface area contributed by atoms with Crippen molar-refractivity contribution in [3.8, 4) is 17.3 Å². The first-order valence-electron chi connectivity index (χ1n) is 8.39. The van der Waals surface area contributed by atoms with Gasteiger partial charge in [-0.3, -0.25) is 13.8 Å². The van der Waals surface area contributed by atoms with E-state index in [2.05, 4.69) is 10.1 Å². The number of benzene rings is 1. The fraction of sp³-hybridized carbons (Fsp3) is 0.211. The van der Waals surface area contributed by atoms with E-state index < -0.39 is 0 Å².